The molecule has 4 N–H and O–H groups in total. The van der Waals surface area contributed by atoms with Crippen LogP contribution in [0.5, 0.6) is 0 Å². The van der Waals surface area contributed by atoms with Crippen molar-refractivity contribution in [2.75, 3.05) is 0 Å². The summed E-state index contributed by atoms with van der Waals surface area (Å²) in [5.74, 6) is -1.03. The minimum atomic E-state index is -1.03. The Morgan fingerprint density at radius 3 is 2.88 bits per heavy atom. The fourth-order valence-corrected chi connectivity index (χ4v) is 1.71. The molecule has 0 saturated carbocycles. The largest absolute Gasteiger partial charge is 0.477 e. The van der Waals surface area contributed by atoms with Gasteiger partial charge in [0, 0.05) is 11.7 Å². The first-order valence-electron chi connectivity index (χ1n) is 5.73. The van der Waals surface area contributed by atoms with Crippen LogP contribution < -0.4 is 11.1 Å². The smallest absolute Gasteiger partial charge is 0.352 e. The van der Waals surface area contributed by atoms with Gasteiger partial charge in [0.1, 0.15) is 5.70 Å². The van der Waals surface area contributed by atoms with Crippen molar-refractivity contribution in [1.82, 2.24) is 5.32 Å². The van der Waals surface area contributed by atoms with Crippen LogP contribution in [-0.4, -0.2) is 17.1 Å². The molecule has 0 aliphatic heterocycles. The lowest BCUT2D eigenvalue weighted by atomic mass is 9.97. The van der Waals surface area contributed by atoms with Gasteiger partial charge in [0.15, 0.2) is 0 Å². The molecule has 0 aromatic rings. The van der Waals surface area contributed by atoms with Crippen LogP contribution in [-0.2, 0) is 4.79 Å². The van der Waals surface area contributed by atoms with Crippen molar-refractivity contribution in [2.24, 2.45) is 5.73 Å². The number of carboxylic acid groups (broad SMARTS) is 1. The predicted molar refractivity (Wildman–Crippen MR) is 63.7 cm³/mol. The molecule has 0 spiro atoms. The Kier molecular flexibility index (Phi) is 4.40. The van der Waals surface area contributed by atoms with Gasteiger partial charge in [-0.2, -0.15) is 0 Å². The number of carbonyl (C=O) groups is 1. The highest BCUT2D eigenvalue weighted by Gasteiger charge is 2.14. The first-order valence-corrected chi connectivity index (χ1v) is 5.73. The molecule has 0 radical (unpaired) electrons. The van der Waals surface area contributed by atoms with Crippen molar-refractivity contribution in [3.8, 4) is 0 Å². The van der Waals surface area contributed by atoms with Crippen molar-refractivity contribution < 1.29 is 9.90 Å². The third kappa shape index (κ3) is 3.29. The van der Waals surface area contributed by atoms with Crippen LogP contribution in [0.4, 0.5) is 0 Å². The van der Waals surface area contributed by atoms with E-state index >= 15 is 0 Å². The van der Waals surface area contributed by atoms with Crippen LogP contribution >= 0.6 is 0 Å². The number of hydrogen-bond acceptors (Lipinski definition) is 3. The number of nitrogens with two attached hydrogens (primary N) is 1. The number of nitrogens with one attached hydrogen (secondary N) is 1. The summed E-state index contributed by atoms with van der Waals surface area (Å²) >= 11 is 0. The van der Waals surface area contributed by atoms with Crippen LogP contribution in [0.15, 0.2) is 23.0 Å². The molecule has 0 saturated heterocycles. The van der Waals surface area contributed by atoms with Gasteiger partial charge >= 0.3 is 5.97 Å². The fraction of sp³-hybridized carbons (Fsp3) is 0.583. The van der Waals surface area contributed by atoms with E-state index in [9.17, 15) is 4.79 Å². The van der Waals surface area contributed by atoms with E-state index in [0.29, 0.717) is 6.04 Å². The van der Waals surface area contributed by atoms with Crippen LogP contribution in [0, 0.1) is 0 Å². The summed E-state index contributed by atoms with van der Waals surface area (Å²) in [6.45, 7) is 4.22. The first-order chi connectivity index (χ1) is 7.54. The maximum Gasteiger partial charge on any atom is 0.352 e. The summed E-state index contributed by atoms with van der Waals surface area (Å²) in [5, 5.41) is 12.2. The van der Waals surface area contributed by atoms with E-state index in [1.807, 2.05) is 6.08 Å². The first kappa shape index (κ1) is 12.6. The normalized spacial score (nSPS) is 21.0. The van der Waals surface area contributed by atoms with E-state index in [4.69, 9.17) is 10.8 Å². The molecule has 1 rings (SSSR count). The lowest BCUT2D eigenvalue weighted by molar-refractivity contribution is -0.132. The average Bonchev–Trinajstić information content (AvgIpc) is 2.28. The lowest BCUT2D eigenvalue weighted by Crippen LogP contribution is -2.26. The minimum absolute atomic E-state index is 0.0249. The standard InChI is InChI=1S/C12H20N2O2/c1-3-8(2)14-10-6-4-5-9(7-10)11(13)12(15)16/h7-8,14H,3-6,13H2,1-2H3,(H,15,16)/b11-9+. The molecular weight excluding hydrogens is 204 g/mol. The summed E-state index contributed by atoms with van der Waals surface area (Å²) in [6.07, 6.45) is 5.62. The molecular formula is C12H20N2O2. The minimum Gasteiger partial charge on any atom is -0.477 e. The van der Waals surface area contributed by atoms with Crippen LogP contribution in [0.3, 0.4) is 0 Å². The zero-order chi connectivity index (χ0) is 12.1. The summed E-state index contributed by atoms with van der Waals surface area (Å²) in [7, 11) is 0. The zero-order valence-electron chi connectivity index (χ0n) is 9.92. The Morgan fingerprint density at radius 1 is 1.62 bits per heavy atom. The number of rotatable bonds is 4. The Balaban J connectivity index is 2.81. The molecule has 1 aliphatic rings. The van der Waals surface area contributed by atoms with E-state index in [1.165, 1.54) is 0 Å². The van der Waals surface area contributed by atoms with Crippen LogP contribution in [0.1, 0.15) is 39.5 Å². The third-order valence-corrected chi connectivity index (χ3v) is 2.86. The Labute approximate surface area is 96.2 Å². The highest BCUT2D eigenvalue weighted by molar-refractivity contribution is 5.87. The maximum absolute atomic E-state index is 10.8. The quantitative estimate of drug-likeness (QED) is 0.636. The predicted octanol–water partition coefficient (Wildman–Crippen LogP) is 1.74. The lowest BCUT2D eigenvalue weighted by Gasteiger charge is -2.21. The molecule has 1 atom stereocenters. The molecule has 4 nitrogen and oxygen atoms in total. The van der Waals surface area contributed by atoms with Gasteiger partial charge in [-0.05, 0) is 44.3 Å². The third-order valence-electron chi connectivity index (χ3n) is 2.86. The molecule has 0 amide bonds. The summed E-state index contributed by atoms with van der Waals surface area (Å²) in [4.78, 5) is 10.8. The van der Waals surface area contributed by atoms with Crippen LogP contribution in [0.25, 0.3) is 0 Å². The van der Waals surface area contributed by atoms with Crippen molar-refractivity contribution in [3.63, 3.8) is 0 Å². The Morgan fingerprint density at radius 2 is 2.31 bits per heavy atom. The molecule has 1 unspecified atom stereocenters. The van der Waals surface area contributed by atoms with Crippen molar-refractivity contribution in [1.29, 1.82) is 0 Å². The molecule has 90 valence electrons. The second-order valence-electron chi connectivity index (χ2n) is 4.22. The number of carboxylic acids is 1. The van der Waals surface area contributed by atoms with Gasteiger partial charge < -0.3 is 16.2 Å². The molecule has 16 heavy (non-hydrogen) atoms. The van der Waals surface area contributed by atoms with E-state index in [1.54, 1.807) is 0 Å². The topological polar surface area (TPSA) is 75.3 Å². The molecule has 0 aromatic carbocycles. The Hall–Kier alpha value is -1.45. The second-order valence-corrected chi connectivity index (χ2v) is 4.22. The highest BCUT2D eigenvalue weighted by atomic mass is 16.4. The number of aliphatic carboxylic acids is 1. The Bertz CT molecular complexity index is 332. The number of allylic oxidation sites excluding steroid dienone is 3. The summed E-state index contributed by atoms with van der Waals surface area (Å²) in [5.41, 5.74) is 7.34. The van der Waals surface area contributed by atoms with Crippen molar-refractivity contribution in [2.45, 2.75) is 45.6 Å². The van der Waals surface area contributed by atoms with Gasteiger partial charge in [0.25, 0.3) is 0 Å². The van der Waals surface area contributed by atoms with Gasteiger partial charge in [0.2, 0.25) is 0 Å². The SMILES string of the molecule is CCC(C)NC1=C/C(=C(/N)C(=O)O)CCC1. The fourth-order valence-electron chi connectivity index (χ4n) is 1.71. The molecule has 0 aromatic heterocycles. The van der Waals surface area contributed by atoms with E-state index in [2.05, 4.69) is 19.2 Å². The highest BCUT2D eigenvalue weighted by Crippen LogP contribution is 2.22. The monoisotopic (exact) mass is 224 g/mol. The second kappa shape index (κ2) is 5.58. The average molecular weight is 224 g/mol. The molecule has 1 aliphatic carbocycles. The van der Waals surface area contributed by atoms with E-state index in [0.717, 1.165) is 37.0 Å². The van der Waals surface area contributed by atoms with E-state index in [-0.39, 0.29) is 5.70 Å². The van der Waals surface area contributed by atoms with E-state index < -0.39 is 5.97 Å². The molecule has 4 heteroatoms. The number of hydrogen-bond donors (Lipinski definition) is 3. The van der Waals surface area contributed by atoms with Gasteiger partial charge in [0.05, 0.1) is 0 Å². The van der Waals surface area contributed by atoms with Gasteiger partial charge in [-0.15, -0.1) is 0 Å². The molecule has 0 heterocycles. The molecule has 0 bridgehead atoms. The summed E-state index contributed by atoms with van der Waals surface area (Å²) in [6, 6.07) is 0.414. The maximum atomic E-state index is 10.8. The van der Waals surface area contributed by atoms with Crippen molar-refractivity contribution in [3.05, 3.63) is 23.0 Å². The summed E-state index contributed by atoms with van der Waals surface area (Å²) < 4.78 is 0. The van der Waals surface area contributed by atoms with Crippen LogP contribution in [0.2, 0.25) is 0 Å². The zero-order valence-corrected chi connectivity index (χ0v) is 9.92. The molecule has 0 fully saturated rings. The van der Waals surface area contributed by atoms with Gasteiger partial charge in [-0.3, -0.25) is 0 Å². The van der Waals surface area contributed by atoms with Gasteiger partial charge in [-0.1, -0.05) is 6.92 Å². The van der Waals surface area contributed by atoms with Gasteiger partial charge in [-0.25, -0.2) is 4.79 Å². The van der Waals surface area contributed by atoms with Crippen molar-refractivity contribution >= 4 is 5.97 Å².